The molecule has 0 fully saturated rings. The number of pyridine rings is 1. The zero-order valence-corrected chi connectivity index (χ0v) is 13.1. The molecule has 0 aromatic carbocycles. The third-order valence-electron chi connectivity index (χ3n) is 3.62. The van der Waals surface area contributed by atoms with Gasteiger partial charge in [-0.05, 0) is 41.6 Å². The van der Waals surface area contributed by atoms with Gasteiger partial charge in [0.05, 0.1) is 5.02 Å². The van der Waals surface area contributed by atoms with Gasteiger partial charge in [0.25, 0.3) is 0 Å². The van der Waals surface area contributed by atoms with Crippen LogP contribution in [0.3, 0.4) is 0 Å². The van der Waals surface area contributed by atoms with Crippen LogP contribution >= 0.6 is 22.9 Å². The Morgan fingerprint density at radius 1 is 1.50 bits per heavy atom. The van der Waals surface area contributed by atoms with E-state index in [0.29, 0.717) is 0 Å². The second-order valence-corrected chi connectivity index (χ2v) is 6.36. The van der Waals surface area contributed by atoms with E-state index in [9.17, 15) is 0 Å². The highest BCUT2D eigenvalue weighted by atomic mass is 35.5. The number of thiophene rings is 1. The summed E-state index contributed by atoms with van der Waals surface area (Å²) in [6.45, 7) is 5.81. The summed E-state index contributed by atoms with van der Waals surface area (Å²) in [7, 11) is 0. The van der Waals surface area contributed by atoms with Crippen LogP contribution in [0.2, 0.25) is 5.02 Å². The molecule has 3 nitrogen and oxygen atoms in total. The van der Waals surface area contributed by atoms with Gasteiger partial charge in [0.1, 0.15) is 5.82 Å². The predicted octanol–water partition coefficient (Wildman–Crippen LogP) is 3.47. The van der Waals surface area contributed by atoms with Crippen LogP contribution in [0.4, 0.5) is 5.82 Å². The fourth-order valence-electron chi connectivity index (χ4n) is 2.48. The zero-order chi connectivity index (χ0) is 13.9. The Bertz CT molecular complexity index is 597. The van der Waals surface area contributed by atoms with Gasteiger partial charge in [-0.25, -0.2) is 4.98 Å². The van der Waals surface area contributed by atoms with E-state index >= 15 is 0 Å². The lowest BCUT2D eigenvalue weighted by Crippen LogP contribution is -2.30. The van der Waals surface area contributed by atoms with Crippen LogP contribution in [0.25, 0.3) is 0 Å². The normalized spacial score (nSPS) is 14.4. The highest BCUT2D eigenvalue weighted by Crippen LogP contribution is 2.28. The molecule has 0 unspecified atom stereocenters. The van der Waals surface area contributed by atoms with Gasteiger partial charge < -0.3 is 10.2 Å². The number of anilines is 1. The zero-order valence-electron chi connectivity index (χ0n) is 11.5. The topological polar surface area (TPSA) is 28.2 Å². The smallest absolute Gasteiger partial charge is 0.129 e. The van der Waals surface area contributed by atoms with Crippen molar-refractivity contribution in [2.75, 3.05) is 18.0 Å². The van der Waals surface area contributed by atoms with Crippen molar-refractivity contribution in [3.63, 3.8) is 0 Å². The van der Waals surface area contributed by atoms with E-state index in [2.05, 4.69) is 39.6 Å². The summed E-state index contributed by atoms with van der Waals surface area (Å²) < 4.78 is 0. The molecule has 0 spiro atoms. The lowest BCUT2D eigenvalue weighted by molar-refractivity contribution is 0.715. The van der Waals surface area contributed by atoms with E-state index < -0.39 is 0 Å². The van der Waals surface area contributed by atoms with Crippen molar-refractivity contribution < 1.29 is 0 Å². The Balaban J connectivity index is 1.80. The summed E-state index contributed by atoms with van der Waals surface area (Å²) in [5, 5.41) is 6.24. The number of halogens is 1. The Labute approximate surface area is 128 Å². The van der Waals surface area contributed by atoms with Crippen LogP contribution in [0.5, 0.6) is 0 Å². The largest absolute Gasteiger partial charge is 0.352 e. The fraction of sp³-hybridized carbons (Fsp3) is 0.400. The van der Waals surface area contributed by atoms with Gasteiger partial charge in [0.2, 0.25) is 0 Å². The molecule has 0 saturated heterocycles. The third-order valence-corrected chi connectivity index (χ3v) is 4.98. The molecule has 3 rings (SSSR count). The predicted molar refractivity (Wildman–Crippen MR) is 85.7 cm³/mol. The maximum atomic E-state index is 6.22. The Morgan fingerprint density at radius 3 is 3.25 bits per heavy atom. The van der Waals surface area contributed by atoms with Crippen molar-refractivity contribution in [3.8, 4) is 0 Å². The number of hydrogen-bond donors (Lipinski definition) is 1. The summed E-state index contributed by atoms with van der Waals surface area (Å²) in [4.78, 5) is 8.35. The van der Waals surface area contributed by atoms with Gasteiger partial charge in [-0.3, -0.25) is 0 Å². The maximum Gasteiger partial charge on any atom is 0.129 e. The van der Waals surface area contributed by atoms with Gasteiger partial charge >= 0.3 is 0 Å². The van der Waals surface area contributed by atoms with Crippen molar-refractivity contribution in [1.82, 2.24) is 10.3 Å². The molecule has 0 amide bonds. The Hall–Kier alpha value is -1.10. The Morgan fingerprint density at radius 2 is 2.40 bits per heavy atom. The SMILES string of the molecule is CCNCc1cc(N2CCc3sccc3C2)ncc1Cl. The molecular formula is C15H18ClN3S. The molecule has 0 aliphatic carbocycles. The molecule has 1 aliphatic rings. The van der Waals surface area contributed by atoms with Crippen molar-refractivity contribution in [1.29, 1.82) is 0 Å². The van der Waals surface area contributed by atoms with Crippen molar-refractivity contribution in [2.45, 2.75) is 26.4 Å². The second-order valence-electron chi connectivity index (χ2n) is 4.95. The molecule has 2 aromatic heterocycles. The highest BCUT2D eigenvalue weighted by Gasteiger charge is 2.18. The quantitative estimate of drug-likeness (QED) is 0.937. The van der Waals surface area contributed by atoms with Crippen molar-refractivity contribution >= 4 is 28.8 Å². The lowest BCUT2D eigenvalue weighted by Gasteiger charge is -2.28. The minimum atomic E-state index is 0.739. The average molecular weight is 308 g/mol. The first kappa shape index (κ1) is 13.9. The number of hydrogen-bond acceptors (Lipinski definition) is 4. The molecule has 3 heterocycles. The first-order chi connectivity index (χ1) is 9.78. The third kappa shape index (κ3) is 2.82. The van der Waals surface area contributed by atoms with Crippen LogP contribution in [-0.4, -0.2) is 18.1 Å². The first-order valence-electron chi connectivity index (χ1n) is 6.93. The highest BCUT2D eigenvalue weighted by molar-refractivity contribution is 7.10. The van der Waals surface area contributed by atoms with Crippen molar-refractivity contribution in [2.24, 2.45) is 0 Å². The monoisotopic (exact) mass is 307 g/mol. The molecule has 2 aromatic rings. The maximum absolute atomic E-state index is 6.22. The molecule has 0 bridgehead atoms. The van der Waals surface area contributed by atoms with Gasteiger partial charge in [0.15, 0.2) is 0 Å². The van der Waals surface area contributed by atoms with Gasteiger partial charge in [-0.15, -0.1) is 11.3 Å². The van der Waals surface area contributed by atoms with Crippen LogP contribution in [0, 0.1) is 0 Å². The molecular weight excluding hydrogens is 290 g/mol. The summed E-state index contributed by atoms with van der Waals surface area (Å²) in [5.41, 5.74) is 2.56. The fourth-order valence-corrected chi connectivity index (χ4v) is 3.54. The van der Waals surface area contributed by atoms with Gasteiger partial charge in [-0.1, -0.05) is 18.5 Å². The van der Waals surface area contributed by atoms with Crippen molar-refractivity contribution in [3.05, 3.63) is 44.7 Å². The number of nitrogens with one attached hydrogen (secondary N) is 1. The molecule has 20 heavy (non-hydrogen) atoms. The van der Waals surface area contributed by atoms with Crippen LogP contribution in [0.1, 0.15) is 22.9 Å². The van der Waals surface area contributed by atoms with Crippen LogP contribution in [0.15, 0.2) is 23.7 Å². The van der Waals surface area contributed by atoms with E-state index in [1.807, 2.05) is 11.3 Å². The van der Waals surface area contributed by atoms with Crippen LogP contribution < -0.4 is 10.2 Å². The minimum absolute atomic E-state index is 0.739. The molecule has 5 heteroatoms. The van der Waals surface area contributed by atoms with Gasteiger partial charge in [0, 0.05) is 30.7 Å². The average Bonchev–Trinajstić information content (AvgIpc) is 2.94. The molecule has 0 radical (unpaired) electrons. The molecule has 106 valence electrons. The second kappa shape index (κ2) is 6.12. The molecule has 0 saturated carbocycles. The van der Waals surface area contributed by atoms with Gasteiger partial charge in [-0.2, -0.15) is 0 Å². The summed E-state index contributed by atoms with van der Waals surface area (Å²) >= 11 is 8.08. The number of nitrogens with zero attached hydrogens (tertiary/aromatic N) is 2. The summed E-state index contributed by atoms with van der Waals surface area (Å²) in [6, 6.07) is 4.34. The lowest BCUT2D eigenvalue weighted by atomic mass is 10.1. The molecule has 1 aliphatic heterocycles. The van der Waals surface area contributed by atoms with Crippen LogP contribution in [-0.2, 0) is 19.5 Å². The number of fused-ring (bicyclic) bond motifs is 1. The first-order valence-corrected chi connectivity index (χ1v) is 8.19. The Kier molecular flexibility index (Phi) is 4.24. The number of rotatable bonds is 4. The van der Waals surface area contributed by atoms with E-state index in [-0.39, 0.29) is 0 Å². The summed E-state index contributed by atoms with van der Waals surface area (Å²) in [6.07, 6.45) is 2.88. The molecule has 1 N–H and O–H groups in total. The minimum Gasteiger partial charge on any atom is -0.352 e. The standard InChI is InChI=1S/C15H18ClN3S/c1-2-17-8-12-7-15(18-9-13(12)16)19-5-3-14-11(10-19)4-6-20-14/h4,6-7,9,17H,2-3,5,8,10H2,1H3. The van der Waals surface area contributed by atoms with E-state index in [1.165, 1.54) is 10.4 Å². The number of aromatic nitrogens is 1. The van der Waals surface area contributed by atoms with E-state index in [1.54, 1.807) is 6.20 Å². The summed E-state index contributed by atoms with van der Waals surface area (Å²) in [5.74, 6) is 1.03. The van der Waals surface area contributed by atoms with E-state index in [0.717, 1.165) is 49.0 Å². The molecule has 0 atom stereocenters. The van der Waals surface area contributed by atoms with E-state index in [4.69, 9.17) is 11.6 Å².